The van der Waals surface area contributed by atoms with E-state index in [0.29, 0.717) is 34.8 Å². The van der Waals surface area contributed by atoms with Crippen LogP contribution in [-0.4, -0.2) is 44.6 Å². The molecule has 3 aromatic heterocycles. The Labute approximate surface area is 183 Å². The van der Waals surface area contributed by atoms with Gasteiger partial charge in [-0.15, -0.1) is 5.10 Å². The third-order valence-corrected chi connectivity index (χ3v) is 4.92. The maximum absolute atomic E-state index is 5.43. The molecule has 10 heteroatoms. The number of fused-ring (bicyclic) bond motifs is 1. The number of hydrogen-bond acceptors (Lipinski definition) is 8. The molecule has 0 fully saturated rings. The second-order valence-electron chi connectivity index (χ2n) is 6.87. The Bertz CT molecular complexity index is 1360. The van der Waals surface area contributed by atoms with Gasteiger partial charge in [-0.3, -0.25) is 10.2 Å². The first-order chi connectivity index (χ1) is 15.7. The lowest BCUT2D eigenvalue weighted by atomic mass is 10.2. The fourth-order valence-electron chi connectivity index (χ4n) is 3.37. The van der Waals surface area contributed by atoms with Gasteiger partial charge in [0.15, 0.2) is 5.82 Å². The molecule has 0 radical (unpaired) electrons. The van der Waals surface area contributed by atoms with Crippen LogP contribution in [0.15, 0.2) is 60.9 Å². The second kappa shape index (κ2) is 8.26. The molecule has 0 saturated heterocycles. The predicted molar refractivity (Wildman–Crippen MR) is 122 cm³/mol. The molecule has 0 atom stereocenters. The van der Waals surface area contributed by atoms with Crippen molar-refractivity contribution in [3.63, 3.8) is 0 Å². The van der Waals surface area contributed by atoms with Crippen LogP contribution in [0.5, 0.6) is 11.5 Å². The van der Waals surface area contributed by atoms with Gasteiger partial charge in [0.05, 0.1) is 31.5 Å². The number of aromatic amines is 2. The summed E-state index contributed by atoms with van der Waals surface area (Å²) in [4.78, 5) is 9.07. The molecule has 10 nitrogen and oxygen atoms in total. The van der Waals surface area contributed by atoms with Gasteiger partial charge in [-0.25, -0.2) is 4.98 Å². The number of benzene rings is 2. The number of hydrogen-bond donors (Lipinski definition) is 4. The van der Waals surface area contributed by atoms with Gasteiger partial charge in [0, 0.05) is 17.3 Å². The highest BCUT2D eigenvalue weighted by molar-refractivity contribution is 5.84. The van der Waals surface area contributed by atoms with Gasteiger partial charge in [0.1, 0.15) is 23.0 Å². The van der Waals surface area contributed by atoms with E-state index < -0.39 is 0 Å². The zero-order chi connectivity index (χ0) is 21.9. The average molecular weight is 428 g/mol. The molecule has 0 unspecified atom stereocenters. The van der Waals surface area contributed by atoms with Gasteiger partial charge in [-0.1, -0.05) is 6.07 Å². The summed E-state index contributed by atoms with van der Waals surface area (Å²) in [6.07, 6.45) is 3.50. The summed E-state index contributed by atoms with van der Waals surface area (Å²) < 4.78 is 10.9. The van der Waals surface area contributed by atoms with Crippen LogP contribution < -0.4 is 20.1 Å². The van der Waals surface area contributed by atoms with Crippen molar-refractivity contribution in [2.75, 3.05) is 24.9 Å². The van der Waals surface area contributed by atoms with E-state index in [1.807, 2.05) is 48.5 Å². The molecule has 5 rings (SSSR count). The number of methoxy groups -OCH3 is 2. The topological polar surface area (TPSA) is 126 Å². The molecule has 0 amide bonds. The SMILES string of the molecule is COc1cccc(OC)c1Nc1n[nH]c(-c2cccnc2Nc2ccc3cn[nH]c3c2)n1. The Morgan fingerprint density at radius 2 is 1.75 bits per heavy atom. The summed E-state index contributed by atoms with van der Waals surface area (Å²) in [5.41, 5.74) is 3.22. The standard InChI is InChI=1S/C22H20N8O2/c1-31-17-6-3-7-18(32-2)19(17)26-22-27-21(29-30-22)15-5-4-10-23-20(15)25-14-9-8-13-12-24-28-16(13)11-14/h3-12H,1-2H3,(H,23,25)(H,24,28)(H2,26,27,29,30). The molecule has 32 heavy (non-hydrogen) atoms. The number of rotatable bonds is 7. The first-order valence-electron chi connectivity index (χ1n) is 9.81. The van der Waals surface area contributed by atoms with Crippen molar-refractivity contribution in [3.05, 3.63) is 60.9 Å². The normalized spacial score (nSPS) is 10.8. The molecule has 0 aliphatic carbocycles. The number of pyridine rings is 1. The average Bonchev–Trinajstić information content (AvgIpc) is 3.49. The molecule has 3 heterocycles. The van der Waals surface area contributed by atoms with Gasteiger partial charge in [0.2, 0.25) is 5.95 Å². The summed E-state index contributed by atoms with van der Waals surface area (Å²) in [5.74, 6) is 2.81. The summed E-state index contributed by atoms with van der Waals surface area (Å²) in [5, 5.41) is 21.8. The van der Waals surface area contributed by atoms with Crippen molar-refractivity contribution in [2.24, 2.45) is 0 Å². The Morgan fingerprint density at radius 1 is 0.906 bits per heavy atom. The highest BCUT2D eigenvalue weighted by atomic mass is 16.5. The number of nitrogens with zero attached hydrogens (tertiary/aromatic N) is 4. The molecule has 0 bridgehead atoms. The minimum absolute atomic E-state index is 0.372. The number of aromatic nitrogens is 6. The predicted octanol–water partition coefficient (Wildman–Crippen LogP) is 4.25. The number of H-pyrrole nitrogens is 2. The van der Waals surface area contributed by atoms with Gasteiger partial charge >= 0.3 is 0 Å². The van der Waals surface area contributed by atoms with Gasteiger partial charge in [0.25, 0.3) is 0 Å². The van der Waals surface area contributed by atoms with E-state index in [4.69, 9.17) is 9.47 Å². The molecule has 0 aliphatic heterocycles. The Balaban J connectivity index is 1.44. The quantitative estimate of drug-likeness (QED) is 0.303. The van der Waals surface area contributed by atoms with Gasteiger partial charge in [-0.05, 0) is 42.5 Å². The van der Waals surface area contributed by atoms with Gasteiger partial charge in [-0.2, -0.15) is 10.1 Å². The fraction of sp³-hybridized carbons (Fsp3) is 0.0909. The Kier molecular flexibility index (Phi) is 5.00. The van der Waals surface area contributed by atoms with Crippen molar-refractivity contribution in [1.82, 2.24) is 30.4 Å². The van der Waals surface area contributed by atoms with Crippen LogP contribution in [-0.2, 0) is 0 Å². The smallest absolute Gasteiger partial charge is 0.247 e. The van der Waals surface area contributed by atoms with Crippen molar-refractivity contribution in [3.8, 4) is 22.9 Å². The van der Waals surface area contributed by atoms with Crippen molar-refractivity contribution >= 4 is 34.0 Å². The van der Waals surface area contributed by atoms with E-state index in [2.05, 4.69) is 41.0 Å². The molecule has 2 aromatic carbocycles. The summed E-state index contributed by atoms with van der Waals surface area (Å²) in [7, 11) is 3.19. The fourth-order valence-corrected chi connectivity index (χ4v) is 3.37. The minimum atomic E-state index is 0.372. The van der Waals surface area contributed by atoms with Crippen LogP contribution in [0, 0.1) is 0 Å². The lowest BCUT2D eigenvalue weighted by molar-refractivity contribution is 0.398. The second-order valence-corrected chi connectivity index (χ2v) is 6.87. The zero-order valence-electron chi connectivity index (χ0n) is 17.4. The van der Waals surface area contributed by atoms with Crippen molar-refractivity contribution in [1.29, 1.82) is 0 Å². The molecule has 5 aromatic rings. The van der Waals surface area contributed by atoms with E-state index in [9.17, 15) is 0 Å². The maximum atomic E-state index is 5.43. The van der Waals surface area contributed by atoms with Crippen LogP contribution in [0.1, 0.15) is 0 Å². The molecular weight excluding hydrogens is 408 g/mol. The monoisotopic (exact) mass is 428 g/mol. The van der Waals surface area contributed by atoms with Crippen LogP contribution in [0.3, 0.4) is 0 Å². The number of para-hydroxylation sites is 1. The van der Waals surface area contributed by atoms with E-state index in [1.54, 1.807) is 26.6 Å². The molecule has 0 aliphatic rings. The molecule has 4 N–H and O–H groups in total. The molecule has 0 saturated carbocycles. The largest absolute Gasteiger partial charge is 0.494 e. The maximum Gasteiger partial charge on any atom is 0.247 e. The molecule has 160 valence electrons. The van der Waals surface area contributed by atoms with E-state index in [-0.39, 0.29) is 0 Å². The van der Waals surface area contributed by atoms with E-state index >= 15 is 0 Å². The third kappa shape index (κ3) is 3.65. The van der Waals surface area contributed by atoms with Crippen LogP contribution in [0.4, 0.5) is 23.1 Å². The van der Waals surface area contributed by atoms with Crippen LogP contribution in [0.2, 0.25) is 0 Å². The lowest BCUT2D eigenvalue weighted by Gasteiger charge is -2.12. The lowest BCUT2D eigenvalue weighted by Crippen LogP contribution is -1.99. The van der Waals surface area contributed by atoms with E-state index in [1.165, 1.54) is 0 Å². The van der Waals surface area contributed by atoms with Crippen LogP contribution in [0.25, 0.3) is 22.3 Å². The van der Waals surface area contributed by atoms with Crippen LogP contribution >= 0.6 is 0 Å². The number of ether oxygens (including phenoxy) is 2. The molecule has 0 spiro atoms. The van der Waals surface area contributed by atoms with Gasteiger partial charge < -0.3 is 20.1 Å². The van der Waals surface area contributed by atoms with Crippen molar-refractivity contribution in [2.45, 2.75) is 0 Å². The zero-order valence-corrected chi connectivity index (χ0v) is 17.4. The summed E-state index contributed by atoms with van der Waals surface area (Å²) in [6.45, 7) is 0. The number of anilines is 4. The summed E-state index contributed by atoms with van der Waals surface area (Å²) >= 11 is 0. The highest BCUT2D eigenvalue weighted by Crippen LogP contribution is 2.36. The van der Waals surface area contributed by atoms with E-state index in [0.717, 1.165) is 22.2 Å². The minimum Gasteiger partial charge on any atom is -0.494 e. The highest BCUT2D eigenvalue weighted by Gasteiger charge is 2.15. The summed E-state index contributed by atoms with van der Waals surface area (Å²) in [6, 6.07) is 15.2. The molecular formula is C22H20N8O2. The first kappa shape index (κ1) is 19.4. The number of nitrogens with one attached hydrogen (secondary N) is 4. The first-order valence-corrected chi connectivity index (χ1v) is 9.81. The Morgan fingerprint density at radius 3 is 2.56 bits per heavy atom. The third-order valence-electron chi connectivity index (χ3n) is 4.92. The Hall–Kier alpha value is -4.60. The van der Waals surface area contributed by atoms with Crippen molar-refractivity contribution < 1.29 is 9.47 Å².